The number of nitrogens with one attached hydrogen (secondary N) is 1. The van der Waals surface area contributed by atoms with E-state index in [1.54, 1.807) is 12.4 Å². The van der Waals surface area contributed by atoms with Crippen LogP contribution in [0.5, 0.6) is 0 Å². The van der Waals surface area contributed by atoms with Crippen LogP contribution in [-0.2, 0) is 4.79 Å². The fraction of sp³-hybridized carbons (Fsp3) is 0.571. The zero-order valence-electron chi connectivity index (χ0n) is 12.3. The molecule has 1 heterocycles. The van der Waals surface area contributed by atoms with Gasteiger partial charge in [0.05, 0.1) is 0 Å². The first-order valence-corrected chi connectivity index (χ1v) is 6.51. The van der Waals surface area contributed by atoms with E-state index in [4.69, 9.17) is 0 Å². The molecule has 1 atom stereocenters. The van der Waals surface area contributed by atoms with Gasteiger partial charge in [0.1, 0.15) is 6.04 Å². The van der Waals surface area contributed by atoms with E-state index in [2.05, 4.69) is 15.2 Å². The van der Waals surface area contributed by atoms with Gasteiger partial charge in [0.15, 0.2) is 0 Å². The fourth-order valence-corrected chi connectivity index (χ4v) is 1.93. The summed E-state index contributed by atoms with van der Waals surface area (Å²) in [6.45, 7) is 1.67. The van der Waals surface area contributed by atoms with Crippen LogP contribution < -0.4 is 5.32 Å². The molecule has 1 aromatic rings. The van der Waals surface area contributed by atoms with Crippen molar-refractivity contribution in [3.05, 3.63) is 30.1 Å². The summed E-state index contributed by atoms with van der Waals surface area (Å²) >= 11 is 0. The standard InChI is InChI=1S/C14H24N4O/c1-17(2)10-6-9-16-14(19)13(18(3)4)12-7-5-8-15-11-12/h5,7-8,11,13H,6,9-10H2,1-4H3,(H,16,19). The van der Waals surface area contributed by atoms with Crippen molar-refractivity contribution in [3.8, 4) is 0 Å². The van der Waals surface area contributed by atoms with Crippen molar-refractivity contribution in [3.63, 3.8) is 0 Å². The molecule has 106 valence electrons. The summed E-state index contributed by atoms with van der Waals surface area (Å²) in [5.74, 6) is 0.0248. The number of rotatable bonds is 7. The van der Waals surface area contributed by atoms with Gasteiger partial charge in [-0.3, -0.25) is 14.7 Å². The number of pyridine rings is 1. The van der Waals surface area contributed by atoms with Gasteiger partial charge in [0.2, 0.25) is 5.91 Å². The SMILES string of the molecule is CN(C)CCCNC(=O)C(c1cccnc1)N(C)C. The van der Waals surface area contributed by atoms with Crippen LogP contribution in [0.4, 0.5) is 0 Å². The molecule has 0 saturated carbocycles. The number of aromatic nitrogens is 1. The van der Waals surface area contributed by atoms with Crippen molar-refractivity contribution >= 4 is 5.91 Å². The first-order valence-electron chi connectivity index (χ1n) is 6.51. The van der Waals surface area contributed by atoms with Crippen LogP contribution in [0.2, 0.25) is 0 Å². The van der Waals surface area contributed by atoms with Gasteiger partial charge in [-0.1, -0.05) is 6.07 Å². The zero-order valence-corrected chi connectivity index (χ0v) is 12.3. The molecule has 0 aromatic carbocycles. The fourth-order valence-electron chi connectivity index (χ4n) is 1.93. The highest BCUT2D eigenvalue weighted by Crippen LogP contribution is 2.16. The van der Waals surface area contributed by atoms with E-state index in [-0.39, 0.29) is 11.9 Å². The van der Waals surface area contributed by atoms with Crippen LogP contribution in [0.25, 0.3) is 0 Å². The molecular weight excluding hydrogens is 240 g/mol. The number of likely N-dealkylation sites (N-methyl/N-ethyl adjacent to an activating group) is 1. The first-order chi connectivity index (χ1) is 9.02. The Balaban J connectivity index is 2.55. The Morgan fingerprint density at radius 1 is 1.37 bits per heavy atom. The van der Waals surface area contributed by atoms with E-state index in [9.17, 15) is 4.79 Å². The summed E-state index contributed by atoms with van der Waals surface area (Å²) in [5, 5.41) is 2.98. The van der Waals surface area contributed by atoms with Crippen molar-refractivity contribution < 1.29 is 4.79 Å². The molecule has 0 aliphatic rings. The largest absolute Gasteiger partial charge is 0.354 e. The maximum atomic E-state index is 12.2. The molecule has 0 radical (unpaired) electrons. The molecule has 5 nitrogen and oxygen atoms in total. The molecule has 0 aliphatic heterocycles. The molecule has 0 saturated heterocycles. The Labute approximate surface area is 115 Å². The van der Waals surface area contributed by atoms with Gasteiger partial charge in [-0.05, 0) is 52.8 Å². The van der Waals surface area contributed by atoms with Crippen molar-refractivity contribution in [2.24, 2.45) is 0 Å². The molecule has 1 unspecified atom stereocenters. The molecule has 0 aliphatic carbocycles. The van der Waals surface area contributed by atoms with E-state index in [0.717, 1.165) is 18.5 Å². The predicted molar refractivity (Wildman–Crippen MR) is 76.8 cm³/mol. The minimum Gasteiger partial charge on any atom is -0.354 e. The van der Waals surface area contributed by atoms with Crippen LogP contribution in [-0.4, -0.2) is 62.0 Å². The summed E-state index contributed by atoms with van der Waals surface area (Å²) < 4.78 is 0. The lowest BCUT2D eigenvalue weighted by Crippen LogP contribution is -2.38. The molecule has 0 spiro atoms. The third-order valence-corrected chi connectivity index (χ3v) is 2.85. The van der Waals surface area contributed by atoms with Crippen LogP contribution in [0.3, 0.4) is 0 Å². The Morgan fingerprint density at radius 3 is 2.63 bits per heavy atom. The molecule has 1 rings (SSSR count). The van der Waals surface area contributed by atoms with Crippen LogP contribution in [0, 0.1) is 0 Å². The van der Waals surface area contributed by atoms with Crippen LogP contribution >= 0.6 is 0 Å². The minimum absolute atomic E-state index is 0.0248. The predicted octanol–water partition coefficient (Wildman–Crippen LogP) is 0.752. The van der Waals surface area contributed by atoms with Gasteiger partial charge >= 0.3 is 0 Å². The summed E-state index contributed by atoms with van der Waals surface area (Å²) in [6, 6.07) is 3.50. The van der Waals surface area contributed by atoms with Gasteiger partial charge in [-0.25, -0.2) is 0 Å². The lowest BCUT2D eigenvalue weighted by atomic mass is 10.1. The van der Waals surface area contributed by atoms with Gasteiger partial charge < -0.3 is 10.2 Å². The normalized spacial score (nSPS) is 12.7. The summed E-state index contributed by atoms with van der Waals surface area (Å²) in [7, 11) is 7.86. The highest BCUT2D eigenvalue weighted by molar-refractivity contribution is 5.83. The average molecular weight is 264 g/mol. The second-order valence-corrected chi connectivity index (χ2v) is 5.10. The van der Waals surface area contributed by atoms with E-state index in [1.807, 2.05) is 45.2 Å². The molecule has 0 fully saturated rings. The monoisotopic (exact) mass is 264 g/mol. The molecule has 5 heteroatoms. The maximum Gasteiger partial charge on any atom is 0.242 e. The van der Waals surface area contributed by atoms with Gasteiger partial charge in [0, 0.05) is 18.9 Å². The Morgan fingerprint density at radius 2 is 2.11 bits per heavy atom. The Bertz CT molecular complexity index is 378. The average Bonchev–Trinajstić information content (AvgIpc) is 2.35. The zero-order chi connectivity index (χ0) is 14.3. The third-order valence-electron chi connectivity index (χ3n) is 2.85. The van der Waals surface area contributed by atoms with Gasteiger partial charge in [-0.2, -0.15) is 0 Å². The van der Waals surface area contributed by atoms with E-state index in [0.29, 0.717) is 6.54 Å². The molecule has 1 aromatic heterocycles. The number of carbonyl (C=O) groups is 1. The number of hydrogen-bond donors (Lipinski definition) is 1. The lowest BCUT2D eigenvalue weighted by Gasteiger charge is -2.23. The van der Waals surface area contributed by atoms with Crippen molar-refractivity contribution in [1.82, 2.24) is 20.1 Å². The quantitative estimate of drug-likeness (QED) is 0.738. The van der Waals surface area contributed by atoms with E-state index < -0.39 is 0 Å². The summed E-state index contributed by atoms with van der Waals surface area (Å²) in [5.41, 5.74) is 0.914. The second kappa shape index (κ2) is 7.86. The number of hydrogen-bond acceptors (Lipinski definition) is 4. The summed E-state index contributed by atoms with van der Waals surface area (Å²) in [4.78, 5) is 20.3. The lowest BCUT2D eigenvalue weighted by molar-refractivity contribution is -0.125. The van der Waals surface area contributed by atoms with Crippen LogP contribution in [0.15, 0.2) is 24.5 Å². The van der Waals surface area contributed by atoms with Gasteiger partial charge in [0.25, 0.3) is 0 Å². The first kappa shape index (κ1) is 15.6. The smallest absolute Gasteiger partial charge is 0.242 e. The van der Waals surface area contributed by atoms with Crippen molar-refractivity contribution in [2.75, 3.05) is 41.3 Å². The van der Waals surface area contributed by atoms with E-state index >= 15 is 0 Å². The number of carbonyl (C=O) groups excluding carboxylic acids is 1. The topological polar surface area (TPSA) is 48.5 Å². The molecule has 0 bridgehead atoms. The highest BCUT2D eigenvalue weighted by atomic mass is 16.2. The maximum absolute atomic E-state index is 12.2. The molecule has 1 N–H and O–H groups in total. The number of nitrogens with zero attached hydrogens (tertiary/aromatic N) is 3. The third kappa shape index (κ3) is 5.36. The van der Waals surface area contributed by atoms with Gasteiger partial charge in [-0.15, -0.1) is 0 Å². The van der Waals surface area contributed by atoms with Crippen molar-refractivity contribution in [2.45, 2.75) is 12.5 Å². The highest BCUT2D eigenvalue weighted by Gasteiger charge is 2.22. The molecule has 1 amide bonds. The van der Waals surface area contributed by atoms with Crippen LogP contribution in [0.1, 0.15) is 18.0 Å². The Hall–Kier alpha value is -1.46. The summed E-state index contributed by atoms with van der Waals surface area (Å²) in [6.07, 6.45) is 4.40. The molecular formula is C14H24N4O. The Kier molecular flexibility index (Phi) is 6.45. The number of amides is 1. The second-order valence-electron chi connectivity index (χ2n) is 5.10. The van der Waals surface area contributed by atoms with Crippen molar-refractivity contribution in [1.29, 1.82) is 0 Å². The minimum atomic E-state index is -0.284. The van der Waals surface area contributed by atoms with E-state index in [1.165, 1.54) is 0 Å². The molecule has 19 heavy (non-hydrogen) atoms.